The molecule has 2 N–H and O–H groups in total. The Morgan fingerprint density at radius 2 is 2.07 bits per heavy atom. The fraction of sp³-hybridized carbons (Fsp3) is 0.500. The number of hydrogen-bond donors (Lipinski definition) is 2. The molecule has 0 unspecified atom stereocenters. The molecule has 28 heavy (non-hydrogen) atoms. The minimum atomic E-state index is -3.80. The SMILES string of the molecule is CC(C)C[C@@H](CN1CCC[C@H]1C(=O)O)NS(=O)(=O)c1cccc2cccnc12. The van der Waals surface area contributed by atoms with Gasteiger partial charge in [-0.25, -0.2) is 13.1 Å². The lowest BCUT2D eigenvalue weighted by Crippen LogP contribution is -2.47. The molecule has 2 atom stereocenters. The first-order valence-electron chi connectivity index (χ1n) is 9.61. The first-order chi connectivity index (χ1) is 13.3. The number of sulfonamides is 1. The molecule has 0 aliphatic carbocycles. The minimum absolute atomic E-state index is 0.149. The molecule has 0 radical (unpaired) electrons. The van der Waals surface area contributed by atoms with Crippen LogP contribution in [0.25, 0.3) is 10.9 Å². The monoisotopic (exact) mass is 405 g/mol. The van der Waals surface area contributed by atoms with E-state index in [0.717, 1.165) is 11.8 Å². The van der Waals surface area contributed by atoms with Gasteiger partial charge in [-0.05, 0) is 43.9 Å². The van der Waals surface area contributed by atoms with Gasteiger partial charge >= 0.3 is 5.97 Å². The zero-order chi connectivity index (χ0) is 20.3. The van der Waals surface area contributed by atoms with Crippen LogP contribution in [0.3, 0.4) is 0 Å². The van der Waals surface area contributed by atoms with Crippen LogP contribution in [-0.2, 0) is 14.8 Å². The van der Waals surface area contributed by atoms with Crippen LogP contribution in [0.15, 0.2) is 41.4 Å². The molecule has 1 aliphatic heterocycles. The first kappa shape index (κ1) is 20.7. The van der Waals surface area contributed by atoms with E-state index < -0.39 is 22.0 Å². The number of nitrogens with one attached hydrogen (secondary N) is 1. The number of aromatic nitrogens is 1. The lowest BCUT2D eigenvalue weighted by molar-refractivity contribution is -0.142. The number of fused-ring (bicyclic) bond motifs is 1. The Morgan fingerprint density at radius 3 is 2.79 bits per heavy atom. The summed E-state index contributed by atoms with van der Waals surface area (Å²) in [4.78, 5) is 17.8. The molecule has 1 aliphatic rings. The third-order valence-electron chi connectivity index (χ3n) is 5.07. The smallest absolute Gasteiger partial charge is 0.320 e. The van der Waals surface area contributed by atoms with Gasteiger partial charge in [0.2, 0.25) is 10.0 Å². The van der Waals surface area contributed by atoms with Crippen molar-refractivity contribution in [3.8, 4) is 0 Å². The van der Waals surface area contributed by atoms with E-state index in [0.29, 0.717) is 31.4 Å². The maximum Gasteiger partial charge on any atom is 0.320 e. The van der Waals surface area contributed by atoms with Crippen molar-refractivity contribution in [3.05, 3.63) is 36.5 Å². The Morgan fingerprint density at radius 1 is 1.32 bits per heavy atom. The number of nitrogens with zero attached hydrogens (tertiary/aromatic N) is 2. The van der Waals surface area contributed by atoms with Gasteiger partial charge in [0, 0.05) is 24.2 Å². The number of likely N-dealkylation sites (tertiary alicyclic amines) is 1. The second-order valence-corrected chi connectivity index (χ2v) is 9.45. The van der Waals surface area contributed by atoms with Gasteiger partial charge in [0.15, 0.2) is 0 Å². The largest absolute Gasteiger partial charge is 0.480 e. The van der Waals surface area contributed by atoms with E-state index in [1.54, 1.807) is 24.4 Å². The molecule has 2 aromatic rings. The van der Waals surface area contributed by atoms with E-state index in [2.05, 4.69) is 9.71 Å². The quantitative estimate of drug-likeness (QED) is 0.700. The molecule has 1 aromatic carbocycles. The molecule has 0 saturated carbocycles. The molecule has 1 fully saturated rings. The molecule has 7 nitrogen and oxygen atoms in total. The van der Waals surface area contributed by atoms with Crippen LogP contribution in [0.2, 0.25) is 0 Å². The van der Waals surface area contributed by atoms with Crippen molar-refractivity contribution >= 4 is 26.9 Å². The van der Waals surface area contributed by atoms with Gasteiger partial charge in [0.25, 0.3) is 0 Å². The third kappa shape index (κ3) is 4.68. The van der Waals surface area contributed by atoms with Gasteiger partial charge in [0.05, 0.1) is 5.52 Å². The van der Waals surface area contributed by atoms with Crippen molar-refractivity contribution in [2.24, 2.45) is 5.92 Å². The van der Waals surface area contributed by atoms with Crippen molar-refractivity contribution in [2.45, 2.75) is 50.1 Å². The number of carbonyl (C=O) groups is 1. The third-order valence-corrected chi connectivity index (χ3v) is 6.62. The van der Waals surface area contributed by atoms with E-state index >= 15 is 0 Å². The second kappa shape index (κ2) is 8.55. The van der Waals surface area contributed by atoms with Crippen LogP contribution in [0.5, 0.6) is 0 Å². The number of pyridine rings is 1. The number of carboxylic acids is 1. The lowest BCUT2D eigenvalue weighted by atomic mass is 10.0. The van der Waals surface area contributed by atoms with Crippen LogP contribution < -0.4 is 4.72 Å². The van der Waals surface area contributed by atoms with Crippen molar-refractivity contribution in [1.82, 2.24) is 14.6 Å². The fourth-order valence-electron chi connectivity index (χ4n) is 3.91. The van der Waals surface area contributed by atoms with Crippen LogP contribution in [-0.4, -0.2) is 54.6 Å². The summed E-state index contributed by atoms with van der Waals surface area (Å²) >= 11 is 0. The normalized spacial score (nSPS) is 19.3. The van der Waals surface area contributed by atoms with Crippen LogP contribution in [0.1, 0.15) is 33.1 Å². The summed E-state index contributed by atoms with van der Waals surface area (Å²) in [5, 5.41) is 10.2. The average Bonchev–Trinajstić information content (AvgIpc) is 3.08. The molecule has 0 spiro atoms. The molecule has 1 aromatic heterocycles. The molecule has 0 amide bonds. The van der Waals surface area contributed by atoms with Gasteiger partial charge in [-0.2, -0.15) is 0 Å². The summed E-state index contributed by atoms with van der Waals surface area (Å²) < 4.78 is 29.1. The Balaban J connectivity index is 1.86. The maximum absolute atomic E-state index is 13.1. The summed E-state index contributed by atoms with van der Waals surface area (Å²) in [6.07, 6.45) is 3.62. The Hall–Kier alpha value is -2.03. The van der Waals surface area contributed by atoms with Crippen LogP contribution in [0.4, 0.5) is 0 Å². The lowest BCUT2D eigenvalue weighted by Gasteiger charge is -2.28. The fourth-order valence-corrected chi connectivity index (χ4v) is 5.33. The molecule has 8 heteroatoms. The van der Waals surface area contributed by atoms with E-state index in [4.69, 9.17) is 0 Å². The van der Waals surface area contributed by atoms with Crippen molar-refractivity contribution in [2.75, 3.05) is 13.1 Å². The van der Waals surface area contributed by atoms with Gasteiger partial charge in [-0.15, -0.1) is 0 Å². The number of para-hydroxylation sites is 1. The van der Waals surface area contributed by atoms with Crippen LogP contribution >= 0.6 is 0 Å². The van der Waals surface area contributed by atoms with E-state index in [-0.39, 0.29) is 16.9 Å². The summed E-state index contributed by atoms with van der Waals surface area (Å²) in [7, 11) is -3.80. The topological polar surface area (TPSA) is 99.6 Å². The Bertz CT molecular complexity index is 940. The van der Waals surface area contributed by atoms with Crippen LogP contribution in [0, 0.1) is 5.92 Å². The molecule has 2 heterocycles. The van der Waals surface area contributed by atoms with Crippen molar-refractivity contribution in [3.63, 3.8) is 0 Å². The zero-order valence-corrected chi connectivity index (χ0v) is 17.0. The number of aliphatic carboxylic acids is 1. The summed E-state index contributed by atoms with van der Waals surface area (Å²) in [5.74, 6) is -0.578. The molecule has 152 valence electrons. The van der Waals surface area contributed by atoms with Crippen molar-refractivity contribution in [1.29, 1.82) is 0 Å². The predicted molar refractivity (Wildman–Crippen MR) is 108 cm³/mol. The Kier molecular flexibility index (Phi) is 6.32. The number of carboxylic acid groups (broad SMARTS) is 1. The van der Waals surface area contributed by atoms with Gasteiger partial charge in [-0.3, -0.25) is 14.7 Å². The van der Waals surface area contributed by atoms with Gasteiger partial charge in [0.1, 0.15) is 10.9 Å². The van der Waals surface area contributed by atoms with Gasteiger partial charge < -0.3 is 5.11 Å². The van der Waals surface area contributed by atoms with Crippen molar-refractivity contribution < 1.29 is 18.3 Å². The molecule has 3 rings (SSSR count). The molecular weight excluding hydrogens is 378 g/mol. The highest BCUT2D eigenvalue weighted by molar-refractivity contribution is 7.89. The molecule has 1 saturated heterocycles. The number of hydrogen-bond acceptors (Lipinski definition) is 5. The first-order valence-corrected chi connectivity index (χ1v) is 11.1. The number of rotatable bonds is 8. The van der Waals surface area contributed by atoms with Gasteiger partial charge in [-0.1, -0.05) is 32.0 Å². The number of benzene rings is 1. The van der Waals surface area contributed by atoms with E-state index in [9.17, 15) is 18.3 Å². The maximum atomic E-state index is 13.1. The molecule has 0 bridgehead atoms. The summed E-state index contributed by atoms with van der Waals surface area (Å²) in [5.41, 5.74) is 0.436. The zero-order valence-electron chi connectivity index (χ0n) is 16.2. The predicted octanol–water partition coefficient (Wildman–Crippen LogP) is 2.48. The summed E-state index contributed by atoms with van der Waals surface area (Å²) in [6, 6.07) is 7.77. The average molecular weight is 406 g/mol. The minimum Gasteiger partial charge on any atom is -0.480 e. The highest BCUT2D eigenvalue weighted by Crippen LogP contribution is 2.23. The Labute approximate surface area is 165 Å². The van der Waals surface area contributed by atoms with E-state index in [1.165, 1.54) is 0 Å². The highest BCUT2D eigenvalue weighted by Gasteiger charge is 2.33. The highest BCUT2D eigenvalue weighted by atomic mass is 32.2. The standard InChI is InChI=1S/C20H27N3O4S/c1-14(2)12-16(13-23-11-5-8-17(23)20(24)25)22-28(26,27)18-9-3-6-15-7-4-10-21-19(15)18/h3-4,6-7,9-10,14,16-17,22H,5,8,11-13H2,1-2H3,(H,24,25)/t16-,17-/m0/s1. The summed E-state index contributed by atoms with van der Waals surface area (Å²) in [6.45, 7) is 5.11. The van der Waals surface area contributed by atoms with E-state index in [1.807, 2.05) is 30.9 Å². The second-order valence-electron chi connectivity index (χ2n) is 7.77. The molecular formula is C20H27N3O4S.